The third-order valence-corrected chi connectivity index (χ3v) is 4.59. The molecule has 0 spiro atoms. The molecule has 0 aliphatic heterocycles. The predicted molar refractivity (Wildman–Crippen MR) is 83.5 cm³/mol. The van der Waals surface area contributed by atoms with Gasteiger partial charge >= 0.3 is 0 Å². The highest BCUT2D eigenvalue weighted by Gasteiger charge is 2.23. The summed E-state index contributed by atoms with van der Waals surface area (Å²) in [7, 11) is -3.88. The standard InChI is InChI=1S/C13H12BrN3O3S/c14-9-3-1-4-10(7-9)17-12(18)8-21(19,20)13-11(15)5-2-6-16-13/h1-7H,8,15H2,(H,17,18). The lowest BCUT2D eigenvalue weighted by Crippen LogP contribution is -2.24. The summed E-state index contributed by atoms with van der Waals surface area (Å²) in [5.41, 5.74) is 6.10. The number of carbonyl (C=O) groups is 1. The molecule has 0 saturated carbocycles. The number of sulfone groups is 1. The normalized spacial score (nSPS) is 11.1. The number of aromatic nitrogens is 1. The molecule has 2 aromatic rings. The number of anilines is 2. The van der Waals surface area contributed by atoms with E-state index in [9.17, 15) is 13.2 Å². The van der Waals surface area contributed by atoms with Crippen LogP contribution >= 0.6 is 15.9 Å². The summed E-state index contributed by atoms with van der Waals surface area (Å²) in [4.78, 5) is 15.6. The molecule has 0 aliphatic rings. The van der Waals surface area contributed by atoms with Crippen molar-refractivity contribution >= 4 is 43.0 Å². The van der Waals surface area contributed by atoms with E-state index in [0.717, 1.165) is 4.47 Å². The lowest BCUT2D eigenvalue weighted by atomic mass is 10.3. The zero-order chi connectivity index (χ0) is 15.5. The Morgan fingerprint density at radius 1 is 1.29 bits per heavy atom. The van der Waals surface area contributed by atoms with Gasteiger partial charge < -0.3 is 11.1 Å². The second-order valence-electron chi connectivity index (χ2n) is 4.22. The van der Waals surface area contributed by atoms with Gasteiger partial charge in [-0.2, -0.15) is 0 Å². The molecule has 2 rings (SSSR count). The summed E-state index contributed by atoms with van der Waals surface area (Å²) in [6, 6.07) is 9.79. The van der Waals surface area contributed by atoms with Gasteiger partial charge in [0.15, 0.2) is 5.03 Å². The van der Waals surface area contributed by atoms with Gasteiger partial charge in [-0.25, -0.2) is 13.4 Å². The van der Waals surface area contributed by atoms with Gasteiger partial charge in [0.05, 0.1) is 5.69 Å². The predicted octanol–water partition coefficient (Wildman–Crippen LogP) is 1.84. The van der Waals surface area contributed by atoms with Crippen LogP contribution in [0.2, 0.25) is 0 Å². The van der Waals surface area contributed by atoms with Gasteiger partial charge in [0.2, 0.25) is 15.7 Å². The smallest absolute Gasteiger partial charge is 0.240 e. The maximum absolute atomic E-state index is 12.1. The monoisotopic (exact) mass is 369 g/mol. The number of nitrogens with zero attached hydrogens (tertiary/aromatic N) is 1. The maximum atomic E-state index is 12.1. The lowest BCUT2D eigenvalue weighted by molar-refractivity contribution is -0.113. The second kappa shape index (κ2) is 6.23. The van der Waals surface area contributed by atoms with Crippen LogP contribution < -0.4 is 11.1 Å². The zero-order valence-corrected chi connectivity index (χ0v) is 13.2. The molecule has 1 amide bonds. The average molecular weight is 370 g/mol. The van der Waals surface area contributed by atoms with Crippen molar-refractivity contribution in [3.05, 3.63) is 47.1 Å². The molecular weight excluding hydrogens is 358 g/mol. The topological polar surface area (TPSA) is 102 Å². The van der Waals surface area contributed by atoms with Gasteiger partial charge in [-0.3, -0.25) is 4.79 Å². The molecule has 0 bridgehead atoms. The van der Waals surface area contributed by atoms with E-state index in [2.05, 4.69) is 26.2 Å². The molecule has 1 heterocycles. The van der Waals surface area contributed by atoms with E-state index in [1.807, 2.05) is 0 Å². The summed E-state index contributed by atoms with van der Waals surface area (Å²) in [5.74, 6) is -1.38. The van der Waals surface area contributed by atoms with Crippen molar-refractivity contribution in [2.45, 2.75) is 5.03 Å². The molecule has 0 aliphatic carbocycles. The van der Waals surface area contributed by atoms with Crippen molar-refractivity contribution in [3.8, 4) is 0 Å². The van der Waals surface area contributed by atoms with Crippen LogP contribution in [0.4, 0.5) is 11.4 Å². The summed E-state index contributed by atoms with van der Waals surface area (Å²) in [5, 5.41) is 2.23. The Labute approximate surface area is 130 Å². The molecule has 110 valence electrons. The first-order chi connectivity index (χ1) is 9.88. The third kappa shape index (κ3) is 4.02. The minimum absolute atomic E-state index is 0.0211. The molecule has 0 atom stereocenters. The van der Waals surface area contributed by atoms with Crippen LogP contribution in [0.5, 0.6) is 0 Å². The molecule has 0 fully saturated rings. The van der Waals surface area contributed by atoms with Crippen LogP contribution in [-0.2, 0) is 14.6 Å². The van der Waals surface area contributed by atoms with E-state index < -0.39 is 21.5 Å². The fraction of sp³-hybridized carbons (Fsp3) is 0.0769. The Balaban J connectivity index is 2.14. The SMILES string of the molecule is Nc1cccnc1S(=O)(=O)CC(=O)Nc1cccc(Br)c1. The number of carbonyl (C=O) groups excluding carboxylic acids is 1. The molecule has 8 heteroatoms. The molecular formula is C13H12BrN3O3S. The van der Waals surface area contributed by atoms with Crippen molar-refractivity contribution in [1.82, 2.24) is 4.98 Å². The minimum Gasteiger partial charge on any atom is -0.396 e. The molecule has 0 radical (unpaired) electrons. The van der Waals surface area contributed by atoms with Gasteiger partial charge in [0.25, 0.3) is 0 Å². The molecule has 3 N–H and O–H groups in total. The Bertz CT molecular complexity index is 778. The van der Waals surface area contributed by atoms with Crippen LogP contribution in [0, 0.1) is 0 Å². The molecule has 6 nitrogen and oxygen atoms in total. The molecule has 0 saturated heterocycles. The van der Waals surface area contributed by atoms with Crippen molar-refractivity contribution in [1.29, 1.82) is 0 Å². The first-order valence-corrected chi connectivity index (χ1v) is 8.32. The fourth-order valence-corrected chi connectivity index (χ4v) is 3.27. The first-order valence-electron chi connectivity index (χ1n) is 5.87. The number of nitrogens with two attached hydrogens (primary N) is 1. The number of rotatable bonds is 4. The zero-order valence-electron chi connectivity index (χ0n) is 10.8. The maximum Gasteiger partial charge on any atom is 0.240 e. The Morgan fingerprint density at radius 3 is 2.71 bits per heavy atom. The van der Waals surface area contributed by atoms with E-state index in [1.165, 1.54) is 18.3 Å². The van der Waals surface area contributed by atoms with Gasteiger partial charge in [-0.05, 0) is 30.3 Å². The number of hydrogen-bond donors (Lipinski definition) is 2. The van der Waals surface area contributed by atoms with Crippen LogP contribution in [0.3, 0.4) is 0 Å². The van der Waals surface area contributed by atoms with Gasteiger partial charge in [0.1, 0.15) is 5.75 Å². The molecule has 1 aromatic heterocycles. The summed E-state index contributed by atoms with van der Waals surface area (Å²) >= 11 is 3.26. The minimum atomic E-state index is -3.88. The highest BCUT2D eigenvalue weighted by Crippen LogP contribution is 2.18. The number of hydrogen-bond acceptors (Lipinski definition) is 5. The first kappa shape index (κ1) is 15.5. The lowest BCUT2D eigenvalue weighted by Gasteiger charge is -2.07. The van der Waals surface area contributed by atoms with E-state index in [4.69, 9.17) is 5.73 Å². The van der Waals surface area contributed by atoms with Crippen molar-refractivity contribution < 1.29 is 13.2 Å². The number of pyridine rings is 1. The Morgan fingerprint density at radius 2 is 2.05 bits per heavy atom. The fourth-order valence-electron chi connectivity index (χ4n) is 1.67. The molecule has 0 unspecified atom stereocenters. The van der Waals surface area contributed by atoms with Crippen molar-refractivity contribution in [3.63, 3.8) is 0 Å². The third-order valence-electron chi connectivity index (χ3n) is 2.52. The van der Waals surface area contributed by atoms with E-state index >= 15 is 0 Å². The van der Waals surface area contributed by atoms with Gasteiger partial charge in [-0.1, -0.05) is 22.0 Å². The largest absolute Gasteiger partial charge is 0.396 e. The number of nitrogens with one attached hydrogen (secondary N) is 1. The van der Waals surface area contributed by atoms with Crippen LogP contribution in [0.1, 0.15) is 0 Å². The number of amides is 1. The quantitative estimate of drug-likeness (QED) is 0.855. The van der Waals surface area contributed by atoms with Crippen molar-refractivity contribution in [2.75, 3.05) is 16.8 Å². The van der Waals surface area contributed by atoms with Crippen LogP contribution in [0.15, 0.2) is 52.1 Å². The molecule has 21 heavy (non-hydrogen) atoms. The van der Waals surface area contributed by atoms with Crippen LogP contribution in [0.25, 0.3) is 0 Å². The average Bonchev–Trinajstić information content (AvgIpc) is 2.38. The number of nitrogen functional groups attached to an aromatic ring is 1. The van der Waals surface area contributed by atoms with E-state index in [1.54, 1.807) is 24.3 Å². The Kier molecular flexibility index (Phi) is 4.59. The highest BCUT2D eigenvalue weighted by molar-refractivity contribution is 9.10. The van der Waals surface area contributed by atoms with Crippen LogP contribution in [-0.4, -0.2) is 25.1 Å². The molecule has 1 aromatic carbocycles. The Hall–Kier alpha value is -1.93. The van der Waals surface area contributed by atoms with Gasteiger partial charge in [0, 0.05) is 16.4 Å². The van der Waals surface area contributed by atoms with Crippen molar-refractivity contribution in [2.24, 2.45) is 0 Å². The van der Waals surface area contributed by atoms with E-state index in [-0.39, 0.29) is 10.7 Å². The van der Waals surface area contributed by atoms with E-state index in [0.29, 0.717) is 5.69 Å². The number of benzene rings is 1. The summed E-state index contributed by atoms with van der Waals surface area (Å²) in [6.07, 6.45) is 1.31. The summed E-state index contributed by atoms with van der Waals surface area (Å²) in [6.45, 7) is 0. The second-order valence-corrected chi connectivity index (χ2v) is 7.04. The number of halogens is 1. The summed E-state index contributed by atoms with van der Waals surface area (Å²) < 4.78 is 25.0. The van der Waals surface area contributed by atoms with Gasteiger partial charge in [-0.15, -0.1) is 0 Å². The highest BCUT2D eigenvalue weighted by atomic mass is 79.9.